The van der Waals surface area contributed by atoms with Gasteiger partial charge >= 0.3 is 0 Å². The summed E-state index contributed by atoms with van der Waals surface area (Å²) < 4.78 is 0. The van der Waals surface area contributed by atoms with Crippen LogP contribution in [0.4, 0.5) is 5.69 Å². The molecule has 108 valence electrons. The average Bonchev–Trinajstić information content (AvgIpc) is 2.48. The Morgan fingerprint density at radius 3 is 2.35 bits per heavy atom. The van der Waals surface area contributed by atoms with Gasteiger partial charge in [-0.15, -0.1) is 0 Å². The summed E-state index contributed by atoms with van der Waals surface area (Å²) in [5, 5.41) is 12.5. The monoisotopic (exact) mass is 272 g/mol. The van der Waals surface area contributed by atoms with Crippen molar-refractivity contribution < 1.29 is 0 Å². The first kappa shape index (κ1) is 14.8. The van der Waals surface area contributed by atoms with Crippen molar-refractivity contribution in [2.75, 3.05) is 37.6 Å². The van der Waals surface area contributed by atoms with E-state index in [1.807, 2.05) is 0 Å². The van der Waals surface area contributed by atoms with Crippen LogP contribution in [0.3, 0.4) is 0 Å². The second-order valence-corrected chi connectivity index (χ2v) is 5.63. The maximum atomic E-state index is 9.19. The number of hydrogen-bond acceptors (Lipinski definition) is 4. The standard InChI is InChI=1S/C16H24N4/c1-14(2)18-15(12-17)13-19-8-10-20(11-9-19)16-6-4-3-5-7-16/h3-7,14-15,18H,8-11,13H2,1-2H3. The van der Waals surface area contributed by atoms with Gasteiger partial charge < -0.3 is 4.90 Å². The molecule has 0 aliphatic carbocycles. The molecule has 1 aromatic rings. The molecule has 0 aromatic heterocycles. The Morgan fingerprint density at radius 2 is 1.80 bits per heavy atom. The minimum atomic E-state index is -0.0710. The van der Waals surface area contributed by atoms with E-state index in [0.29, 0.717) is 6.04 Å². The zero-order valence-electron chi connectivity index (χ0n) is 12.4. The van der Waals surface area contributed by atoms with Crippen LogP contribution >= 0.6 is 0 Å². The SMILES string of the molecule is CC(C)NC(C#N)CN1CCN(c2ccccc2)CC1. The summed E-state index contributed by atoms with van der Waals surface area (Å²) >= 11 is 0. The molecule has 4 heteroatoms. The van der Waals surface area contributed by atoms with E-state index >= 15 is 0 Å². The van der Waals surface area contributed by atoms with E-state index in [0.717, 1.165) is 32.7 Å². The van der Waals surface area contributed by atoms with Crippen LogP contribution in [0.25, 0.3) is 0 Å². The average molecular weight is 272 g/mol. The van der Waals surface area contributed by atoms with Crippen molar-refractivity contribution >= 4 is 5.69 Å². The van der Waals surface area contributed by atoms with E-state index in [-0.39, 0.29) is 6.04 Å². The van der Waals surface area contributed by atoms with Crippen LogP contribution in [0.2, 0.25) is 0 Å². The number of rotatable bonds is 5. The van der Waals surface area contributed by atoms with Crippen LogP contribution in [0, 0.1) is 11.3 Å². The van der Waals surface area contributed by atoms with Gasteiger partial charge in [-0.1, -0.05) is 18.2 Å². The predicted molar refractivity (Wildman–Crippen MR) is 82.8 cm³/mol. The van der Waals surface area contributed by atoms with Gasteiger partial charge in [-0.05, 0) is 26.0 Å². The van der Waals surface area contributed by atoms with Gasteiger partial charge in [0.2, 0.25) is 0 Å². The Kier molecular flexibility index (Phi) is 5.40. The molecule has 0 saturated carbocycles. The van der Waals surface area contributed by atoms with E-state index < -0.39 is 0 Å². The third-order valence-electron chi connectivity index (χ3n) is 3.62. The van der Waals surface area contributed by atoms with Gasteiger partial charge in [0.15, 0.2) is 0 Å². The Labute approximate surface area is 122 Å². The zero-order chi connectivity index (χ0) is 14.4. The maximum Gasteiger partial charge on any atom is 0.108 e. The second-order valence-electron chi connectivity index (χ2n) is 5.63. The van der Waals surface area contributed by atoms with Gasteiger partial charge in [-0.2, -0.15) is 5.26 Å². The van der Waals surface area contributed by atoms with Crippen molar-refractivity contribution in [1.29, 1.82) is 5.26 Å². The molecule has 1 atom stereocenters. The number of hydrogen-bond donors (Lipinski definition) is 1. The fourth-order valence-corrected chi connectivity index (χ4v) is 2.62. The van der Waals surface area contributed by atoms with Crippen molar-refractivity contribution in [2.24, 2.45) is 0 Å². The van der Waals surface area contributed by atoms with Crippen molar-refractivity contribution in [3.05, 3.63) is 30.3 Å². The first-order valence-electron chi connectivity index (χ1n) is 7.37. The molecule has 1 saturated heterocycles. The van der Waals surface area contributed by atoms with Gasteiger partial charge in [-0.25, -0.2) is 0 Å². The van der Waals surface area contributed by atoms with Crippen molar-refractivity contribution in [3.63, 3.8) is 0 Å². The van der Waals surface area contributed by atoms with Gasteiger partial charge in [0.25, 0.3) is 0 Å². The first-order valence-corrected chi connectivity index (χ1v) is 7.37. The molecule has 4 nitrogen and oxygen atoms in total. The Balaban J connectivity index is 1.81. The summed E-state index contributed by atoms with van der Waals surface area (Å²) in [6.45, 7) is 9.08. The molecule has 1 aromatic carbocycles. The summed E-state index contributed by atoms with van der Waals surface area (Å²) in [5.74, 6) is 0. The summed E-state index contributed by atoms with van der Waals surface area (Å²) in [7, 11) is 0. The Morgan fingerprint density at radius 1 is 1.15 bits per heavy atom. The minimum Gasteiger partial charge on any atom is -0.369 e. The third kappa shape index (κ3) is 4.22. The summed E-state index contributed by atoms with van der Waals surface area (Å²) in [6, 6.07) is 13.2. The van der Waals surface area contributed by atoms with E-state index in [4.69, 9.17) is 0 Å². The number of anilines is 1. The lowest BCUT2D eigenvalue weighted by molar-refractivity contribution is 0.240. The van der Waals surface area contributed by atoms with E-state index in [1.54, 1.807) is 0 Å². The second kappa shape index (κ2) is 7.28. The highest BCUT2D eigenvalue weighted by atomic mass is 15.3. The van der Waals surface area contributed by atoms with Crippen LogP contribution in [0.1, 0.15) is 13.8 Å². The molecule has 0 radical (unpaired) electrons. The van der Waals surface area contributed by atoms with Crippen molar-refractivity contribution in [2.45, 2.75) is 25.9 Å². The van der Waals surface area contributed by atoms with E-state index in [1.165, 1.54) is 5.69 Å². The molecule has 1 aliphatic heterocycles. The first-order chi connectivity index (χ1) is 9.69. The minimum absolute atomic E-state index is 0.0710. The molecule has 1 aliphatic rings. The highest BCUT2D eigenvalue weighted by Gasteiger charge is 2.20. The quantitative estimate of drug-likeness (QED) is 0.886. The normalized spacial score (nSPS) is 18.0. The van der Waals surface area contributed by atoms with Gasteiger partial charge in [0, 0.05) is 44.5 Å². The topological polar surface area (TPSA) is 42.3 Å². The van der Waals surface area contributed by atoms with Crippen LogP contribution in [0.5, 0.6) is 0 Å². The maximum absolute atomic E-state index is 9.19. The zero-order valence-corrected chi connectivity index (χ0v) is 12.4. The lowest BCUT2D eigenvalue weighted by Crippen LogP contribution is -2.51. The number of para-hydroxylation sites is 1. The Hall–Kier alpha value is -1.57. The van der Waals surface area contributed by atoms with E-state index in [2.05, 4.69) is 65.4 Å². The predicted octanol–water partition coefficient (Wildman–Crippen LogP) is 1.70. The lowest BCUT2D eigenvalue weighted by Gasteiger charge is -2.37. The fraction of sp³-hybridized carbons (Fsp3) is 0.562. The highest BCUT2D eigenvalue weighted by molar-refractivity contribution is 5.46. The number of nitrogens with zero attached hydrogens (tertiary/aromatic N) is 3. The molecule has 0 amide bonds. The third-order valence-corrected chi connectivity index (χ3v) is 3.62. The van der Waals surface area contributed by atoms with Crippen LogP contribution in [0.15, 0.2) is 30.3 Å². The van der Waals surface area contributed by atoms with Crippen LogP contribution in [-0.4, -0.2) is 49.7 Å². The summed E-state index contributed by atoms with van der Waals surface area (Å²) in [4.78, 5) is 4.79. The number of nitrogens with one attached hydrogen (secondary N) is 1. The van der Waals surface area contributed by atoms with Crippen molar-refractivity contribution in [3.8, 4) is 6.07 Å². The van der Waals surface area contributed by atoms with Gasteiger partial charge in [0.1, 0.15) is 6.04 Å². The van der Waals surface area contributed by atoms with Crippen LogP contribution in [-0.2, 0) is 0 Å². The molecule has 0 bridgehead atoms. The molecule has 2 rings (SSSR count). The molecule has 1 N–H and O–H groups in total. The van der Waals surface area contributed by atoms with Gasteiger partial charge in [-0.3, -0.25) is 10.2 Å². The number of piperazine rings is 1. The molecular formula is C16H24N4. The van der Waals surface area contributed by atoms with E-state index in [9.17, 15) is 5.26 Å². The molecule has 0 spiro atoms. The van der Waals surface area contributed by atoms with Crippen LogP contribution < -0.4 is 10.2 Å². The number of nitriles is 1. The lowest BCUT2D eigenvalue weighted by atomic mass is 10.2. The number of benzene rings is 1. The molecule has 1 heterocycles. The largest absolute Gasteiger partial charge is 0.369 e. The highest BCUT2D eigenvalue weighted by Crippen LogP contribution is 2.15. The fourth-order valence-electron chi connectivity index (χ4n) is 2.62. The molecule has 1 fully saturated rings. The Bertz CT molecular complexity index is 430. The molecule has 1 unspecified atom stereocenters. The van der Waals surface area contributed by atoms with Gasteiger partial charge in [0.05, 0.1) is 6.07 Å². The smallest absolute Gasteiger partial charge is 0.108 e. The summed E-state index contributed by atoms with van der Waals surface area (Å²) in [5.41, 5.74) is 1.30. The summed E-state index contributed by atoms with van der Waals surface area (Å²) in [6.07, 6.45) is 0. The molecular weight excluding hydrogens is 248 g/mol. The molecule has 20 heavy (non-hydrogen) atoms. The van der Waals surface area contributed by atoms with Crippen molar-refractivity contribution in [1.82, 2.24) is 10.2 Å².